The van der Waals surface area contributed by atoms with Crippen molar-refractivity contribution >= 4 is 5.78 Å². The van der Waals surface area contributed by atoms with Crippen LogP contribution in [0.2, 0.25) is 0 Å². The number of ketones is 1. The van der Waals surface area contributed by atoms with Crippen LogP contribution in [-0.2, 0) is 6.42 Å². The summed E-state index contributed by atoms with van der Waals surface area (Å²) in [5.74, 6) is 1.02. The van der Waals surface area contributed by atoms with Gasteiger partial charge in [0.15, 0.2) is 5.78 Å². The zero-order valence-corrected chi connectivity index (χ0v) is 10.8. The number of Topliss-reactive ketones (excluding diaryl/α,β-unsaturated/α-hetero) is 1. The average Bonchev–Trinajstić information content (AvgIpc) is 3.19. The van der Waals surface area contributed by atoms with Crippen molar-refractivity contribution in [3.8, 4) is 5.69 Å². The zero-order chi connectivity index (χ0) is 12.8. The van der Waals surface area contributed by atoms with Crippen LogP contribution in [0, 0.1) is 0 Å². The predicted molar refractivity (Wildman–Crippen MR) is 72.8 cm³/mol. The lowest BCUT2D eigenvalue weighted by molar-refractivity contribution is 0.0972. The van der Waals surface area contributed by atoms with Crippen molar-refractivity contribution in [2.75, 3.05) is 0 Å². The van der Waals surface area contributed by atoms with Crippen molar-refractivity contribution < 1.29 is 4.79 Å². The predicted octanol–water partition coefficient (Wildman–Crippen LogP) is 3.27. The van der Waals surface area contributed by atoms with Crippen LogP contribution in [0.1, 0.15) is 53.2 Å². The second-order valence-electron chi connectivity index (χ2n) is 5.56. The highest BCUT2D eigenvalue weighted by Crippen LogP contribution is 2.40. The molecule has 1 saturated carbocycles. The molecule has 0 spiro atoms. The molecular weight excluding hydrogens is 236 g/mol. The number of nitrogens with zero attached hydrogens (tertiary/aromatic N) is 2. The van der Waals surface area contributed by atoms with Crippen LogP contribution in [0.3, 0.4) is 0 Å². The Morgan fingerprint density at radius 2 is 1.89 bits per heavy atom. The molecule has 96 valence electrons. The van der Waals surface area contributed by atoms with Crippen LogP contribution < -0.4 is 0 Å². The van der Waals surface area contributed by atoms with Gasteiger partial charge in [-0.05, 0) is 49.3 Å². The van der Waals surface area contributed by atoms with Gasteiger partial charge >= 0.3 is 0 Å². The normalized spacial score (nSPS) is 18.4. The van der Waals surface area contributed by atoms with Crippen molar-refractivity contribution in [3.63, 3.8) is 0 Å². The summed E-state index contributed by atoms with van der Waals surface area (Å²) < 4.78 is 1.93. The molecule has 0 amide bonds. The lowest BCUT2D eigenvalue weighted by atomic mass is 9.97. The molecule has 0 saturated heterocycles. The molecule has 2 aliphatic rings. The van der Waals surface area contributed by atoms with E-state index in [1.807, 2.05) is 4.68 Å². The van der Waals surface area contributed by atoms with E-state index in [4.69, 9.17) is 0 Å². The molecule has 1 aromatic carbocycles. The van der Waals surface area contributed by atoms with Crippen molar-refractivity contribution in [2.45, 2.75) is 38.0 Å². The minimum absolute atomic E-state index is 0.238. The van der Waals surface area contributed by atoms with E-state index < -0.39 is 0 Å². The molecule has 0 aliphatic heterocycles. The molecular formula is C16H16N2O. The number of benzene rings is 1. The minimum atomic E-state index is 0.238. The Balaban J connectivity index is 1.73. The maximum atomic E-state index is 11.8. The van der Waals surface area contributed by atoms with Gasteiger partial charge in [-0.1, -0.05) is 12.1 Å². The number of hydrogen-bond donors (Lipinski definition) is 0. The van der Waals surface area contributed by atoms with Gasteiger partial charge < -0.3 is 0 Å². The molecule has 0 bridgehead atoms. The largest absolute Gasteiger partial charge is 0.294 e. The van der Waals surface area contributed by atoms with E-state index in [-0.39, 0.29) is 5.78 Å². The van der Waals surface area contributed by atoms with Crippen molar-refractivity contribution in [1.29, 1.82) is 0 Å². The third-order valence-electron chi connectivity index (χ3n) is 4.17. The third kappa shape index (κ3) is 1.81. The molecule has 0 unspecified atom stereocenters. The second-order valence-corrected chi connectivity index (χ2v) is 5.56. The topological polar surface area (TPSA) is 34.9 Å². The maximum absolute atomic E-state index is 11.8. The average molecular weight is 252 g/mol. The van der Waals surface area contributed by atoms with Gasteiger partial charge in [-0.2, -0.15) is 5.10 Å². The van der Waals surface area contributed by atoms with Gasteiger partial charge in [0.25, 0.3) is 0 Å². The highest BCUT2D eigenvalue weighted by Gasteiger charge is 2.24. The first-order chi connectivity index (χ1) is 9.33. The van der Waals surface area contributed by atoms with Gasteiger partial charge in [0, 0.05) is 6.42 Å². The van der Waals surface area contributed by atoms with E-state index in [1.165, 1.54) is 18.4 Å². The molecule has 2 aliphatic carbocycles. The molecule has 0 atom stereocenters. The Morgan fingerprint density at radius 3 is 2.63 bits per heavy atom. The van der Waals surface area contributed by atoms with Gasteiger partial charge in [0.2, 0.25) is 0 Å². The van der Waals surface area contributed by atoms with Crippen LogP contribution in [0.25, 0.3) is 5.69 Å². The van der Waals surface area contributed by atoms with Crippen LogP contribution in [0.4, 0.5) is 0 Å². The van der Waals surface area contributed by atoms with Crippen molar-refractivity contribution in [3.05, 3.63) is 47.3 Å². The van der Waals surface area contributed by atoms with Crippen LogP contribution in [0.5, 0.6) is 0 Å². The number of fused-ring (bicyclic) bond motifs is 1. The van der Waals surface area contributed by atoms with E-state index in [0.29, 0.717) is 6.42 Å². The van der Waals surface area contributed by atoms with Gasteiger partial charge in [0.1, 0.15) is 0 Å². The molecule has 2 aromatic rings. The second kappa shape index (κ2) is 4.05. The number of rotatable bonds is 2. The van der Waals surface area contributed by atoms with Gasteiger partial charge in [-0.15, -0.1) is 0 Å². The molecule has 1 fully saturated rings. The summed E-state index contributed by atoms with van der Waals surface area (Å²) in [6.45, 7) is 0. The fourth-order valence-corrected chi connectivity index (χ4v) is 2.93. The Morgan fingerprint density at radius 1 is 1.11 bits per heavy atom. The monoisotopic (exact) mass is 252 g/mol. The highest BCUT2D eigenvalue weighted by molar-refractivity contribution is 5.98. The Bertz CT molecular complexity index is 635. The lowest BCUT2D eigenvalue weighted by Crippen LogP contribution is -2.12. The smallest absolute Gasteiger partial charge is 0.166 e. The SMILES string of the molecule is O=C1CCCc2c1cnn2-c1ccc(C2CC2)cc1. The highest BCUT2D eigenvalue weighted by atomic mass is 16.1. The summed E-state index contributed by atoms with van der Waals surface area (Å²) in [4.78, 5) is 11.8. The van der Waals surface area contributed by atoms with Crippen LogP contribution in [0.15, 0.2) is 30.5 Å². The van der Waals surface area contributed by atoms with Crippen LogP contribution >= 0.6 is 0 Å². The van der Waals surface area contributed by atoms with E-state index >= 15 is 0 Å². The lowest BCUT2D eigenvalue weighted by Gasteiger charge is -2.13. The van der Waals surface area contributed by atoms with Gasteiger partial charge in [-0.25, -0.2) is 4.68 Å². The standard InChI is InChI=1S/C16H16N2O/c19-16-3-1-2-15-14(16)10-17-18(15)13-8-6-12(7-9-13)11-4-5-11/h6-11H,1-5H2. The van der Waals surface area contributed by atoms with E-state index in [0.717, 1.165) is 35.7 Å². The number of hydrogen-bond acceptors (Lipinski definition) is 2. The first kappa shape index (κ1) is 11.0. The summed E-state index contributed by atoms with van der Waals surface area (Å²) in [5.41, 5.74) is 4.40. The van der Waals surface area contributed by atoms with Crippen molar-refractivity contribution in [1.82, 2.24) is 9.78 Å². The van der Waals surface area contributed by atoms with E-state index in [9.17, 15) is 4.79 Å². The maximum Gasteiger partial charge on any atom is 0.166 e. The summed E-state index contributed by atoms with van der Waals surface area (Å²) in [6, 6.07) is 8.65. The first-order valence-corrected chi connectivity index (χ1v) is 7.03. The summed E-state index contributed by atoms with van der Waals surface area (Å²) in [5, 5.41) is 4.40. The number of aromatic nitrogens is 2. The van der Waals surface area contributed by atoms with Crippen LogP contribution in [-0.4, -0.2) is 15.6 Å². The van der Waals surface area contributed by atoms with E-state index in [1.54, 1.807) is 6.20 Å². The Kier molecular flexibility index (Phi) is 2.34. The molecule has 19 heavy (non-hydrogen) atoms. The third-order valence-corrected chi connectivity index (χ3v) is 4.17. The molecule has 1 aromatic heterocycles. The summed E-state index contributed by atoms with van der Waals surface area (Å²) >= 11 is 0. The molecule has 1 heterocycles. The van der Waals surface area contributed by atoms with E-state index in [2.05, 4.69) is 29.4 Å². The molecule has 0 N–H and O–H groups in total. The fourth-order valence-electron chi connectivity index (χ4n) is 2.93. The van der Waals surface area contributed by atoms with Gasteiger partial charge in [-0.3, -0.25) is 4.79 Å². The molecule has 3 heteroatoms. The summed E-state index contributed by atoms with van der Waals surface area (Å²) in [7, 11) is 0. The van der Waals surface area contributed by atoms with Gasteiger partial charge in [0.05, 0.1) is 23.1 Å². The summed E-state index contributed by atoms with van der Waals surface area (Å²) in [6.07, 6.45) is 6.93. The molecule has 4 rings (SSSR count). The number of carbonyl (C=O) groups is 1. The van der Waals surface area contributed by atoms with Crippen molar-refractivity contribution in [2.24, 2.45) is 0 Å². The zero-order valence-electron chi connectivity index (χ0n) is 10.8. The quantitative estimate of drug-likeness (QED) is 0.822. The first-order valence-electron chi connectivity index (χ1n) is 7.03. The molecule has 3 nitrogen and oxygen atoms in total. The number of carbonyl (C=O) groups excluding carboxylic acids is 1. The Hall–Kier alpha value is -1.90. The molecule has 0 radical (unpaired) electrons. The fraction of sp³-hybridized carbons (Fsp3) is 0.375. The Labute approximate surface area is 112 Å². The minimum Gasteiger partial charge on any atom is -0.294 e.